The van der Waals surface area contributed by atoms with E-state index in [0.29, 0.717) is 59.0 Å². The second-order valence-corrected chi connectivity index (χ2v) is 7.83. The molecule has 150 valence electrons. The second-order valence-electron chi connectivity index (χ2n) is 7.40. The van der Waals surface area contributed by atoms with E-state index in [2.05, 4.69) is 14.9 Å². The molecule has 0 bridgehead atoms. The summed E-state index contributed by atoms with van der Waals surface area (Å²) in [5.74, 6) is 0.583. The van der Waals surface area contributed by atoms with Gasteiger partial charge in [-0.15, -0.1) is 0 Å². The molecule has 0 atom stereocenters. The van der Waals surface area contributed by atoms with Crippen molar-refractivity contribution in [2.24, 2.45) is 0 Å². The number of hydrogen-bond acceptors (Lipinski definition) is 5. The lowest BCUT2D eigenvalue weighted by molar-refractivity contribution is 0.239. The van der Waals surface area contributed by atoms with Crippen molar-refractivity contribution in [3.8, 4) is 11.4 Å². The Morgan fingerprint density at radius 1 is 1.13 bits per heavy atom. The van der Waals surface area contributed by atoms with Crippen LogP contribution in [0, 0.1) is 0 Å². The van der Waals surface area contributed by atoms with Gasteiger partial charge >= 0.3 is 0 Å². The van der Waals surface area contributed by atoms with Gasteiger partial charge in [-0.05, 0) is 18.2 Å². The Hall–Kier alpha value is -3.22. The van der Waals surface area contributed by atoms with Crippen molar-refractivity contribution in [3.63, 3.8) is 0 Å². The quantitative estimate of drug-likeness (QED) is 0.547. The highest BCUT2D eigenvalue weighted by atomic mass is 35.5. The van der Waals surface area contributed by atoms with Gasteiger partial charge in [0.1, 0.15) is 11.4 Å². The zero-order valence-corrected chi connectivity index (χ0v) is 16.8. The Bertz CT molecular complexity index is 1360. The smallest absolute Gasteiger partial charge is 0.255 e. The Morgan fingerprint density at radius 3 is 2.80 bits per heavy atom. The second kappa shape index (κ2) is 7.55. The molecular weight excluding hydrogens is 402 g/mol. The van der Waals surface area contributed by atoms with Crippen LogP contribution in [0.5, 0.6) is 0 Å². The fraction of sp³-hybridized carbons (Fsp3) is 0.174. The van der Waals surface area contributed by atoms with Crippen LogP contribution in [-0.4, -0.2) is 21.4 Å². The molecule has 4 aromatic rings. The van der Waals surface area contributed by atoms with E-state index in [-0.39, 0.29) is 11.0 Å². The van der Waals surface area contributed by atoms with Crippen LogP contribution in [0.3, 0.4) is 0 Å². The first-order valence-corrected chi connectivity index (χ1v) is 10.1. The first-order chi connectivity index (χ1) is 14.6. The van der Waals surface area contributed by atoms with E-state index in [0.717, 1.165) is 11.3 Å². The number of benzene rings is 2. The summed E-state index contributed by atoms with van der Waals surface area (Å²) in [6, 6.07) is 14.6. The van der Waals surface area contributed by atoms with Crippen LogP contribution < -0.4 is 11.0 Å². The van der Waals surface area contributed by atoms with E-state index in [4.69, 9.17) is 16.0 Å². The van der Waals surface area contributed by atoms with Gasteiger partial charge in [-0.3, -0.25) is 14.5 Å². The molecule has 2 aromatic carbocycles. The molecule has 2 aromatic heterocycles. The molecule has 1 aliphatic heterocycles. The van der Waals surface area contributed by atoms with Gasteiger partial charge in [0, 0.05) is 42.2 Å². The predicted octanol–water partition coefficient (Wildman–Crippen LogP) is 3.76. The number of nitrogens with one attached hydrogen (secondary N) is 1. The molecule has 0 saturated heterocycles. The summed E-state index contributed by atoms with van der Waals surface area (Å²) in [5.41, 5.74) is 3.15. The van der Waals surface area contributed by atoms with E-state index >= 15 is 0 Å². The normalized spacial score (nSPS) is 14.0. The highest BCUT2D eigenvalue weighted by molar-refractivity contribution is 6.31. The first kappa shape index (κ1) is 18.8. The molecule has 30 heavy (non-hydrogen) atoms. The molecule has 0 radical (unpaired) electrons. The van der Waals surface area contributed by atoms with Crippen LogP contribution in [0.15, 0.2) is 68.8 Å². The summed E-state index contributed by atoms with van der Waals surface area (Å²) in [5, 5.41) is 0.954. The van der Waals surface area contributed by atoms with Crippen molar-refractivity contribution in [1.82, 2.24) is 14.9 Å². The number of nitrogens with zero attached hydrogens (tertiary/aromatic N) is 2. The molecule has 1 aliphatic rings. The van der Waals surface area contributed by atoms with Gasteiger partial charge in [-0.25, -0.2) is 4.98 Å². The molecule has 0 saturated carbocycles. The van der Waals surface area contributed by atoms with E-state index in [1.165, 1.54) is 6.26 Å². The van der Waals surface area contributed by atoms with Gasteiger partial charge in [0.15, 0.2) is 5.43 Å². The fourth-order valence-electron chi connectivity index (χ4n) is 3.84. The maximum atomic E-state index is 12.8. The lowest BCUT2D eigenvalue weighted by Crippen LogP contribution is -2.36. The summed E-state index contributed by atoms with van der Waals surface area (Å²) in [7, 11) is 0. The number of rotatable bonds is 3. The van der Waals surface area contributed by atoms with Crippen molar-refractivity contribution in [3.05, 3.63) is 97.2 Å². The summed E-state index contributed by atoms with van der Waals surface area (Å²) >= 11 is 6.03. The standard InChI is InChI=1S/C23H18ClN3O3/c24-16-6-7-20-17(10-16)21(28)15(13-30-20)11-27-9-8-19-18(12-27)23(29)26-22(25-19)14-4-2-1-3-5-14/h1-7,10,13H,8-9,11-12H2,(H,25,26,29). The molecule has 1 N–H and O–H groups in total. The lowest BCUT2D eigenvalue weighted by atomic mass is 10.1. The molecule has 0 unspecified atom stereocenters. The van der Waals surface area contributed by atoms with E-state index in [9.17, 15) is 9.59 Å². The maximum Gasteiger partial charge on any atom is 0.255 e. The van der Waals surface area contributed by atoms with E-state index in [1.807, 2.05) is 30.3 Å². The Labute approximate surface area is 176 Å². The van der Waals surface area contributed by atoms with Gasteiger partial charge in [-0.1, -0.05) is 41.9 Å². The summed E-state index contributed by atoms with van der Waals surface area (Å²) in [6.45, 7) is 1.52. The SMILES string of the molecule is O=c1[nH]c(-c2ccccc2)nc2c1CN(Cc1coc3ccc(Cl)cc3c1=O)CC2. The van der Waals surface area contributed by atoms with Gasteiger partial charge < -0.3 is 9.40 Å². The third-order valence-corrected chi connectivity index (χ3v) is 5.63. The fourth-order valence-corrected chi connectivity index (χ4v) is 4.01. The average molecular weight is 420 g/mol. The van der Waals surface area contributed by atoms with E-state index in [1.54, 1.807) is 18.2 Å². The predicted molar refractivity (Wildman–Crippen MR) is 116 cm³/mol. The Kier molecular flexibility index (Phi) is 4.73. The monoisotopic (exact) mass is 419 g/mol. The number of halogens is 1. The average Bonchev–Trinajstić information content (AvgIpc) is 2.77. The minimum Gasteiger partial charge on any atom is -0.464 e. The molecule has 3 heterocycles. The highest BCUT2D eigenvalue weighted by Crippen LogP contribution is 2.21. The van der Waals surface area contributed by atoms with Gasteiger partial charge in [-0.2, -0.15) is 0 Å². The van der Waals surface area contributed by atoms with Crippen molar-refractivity contribution in [2.45, 2.75) is 19.5 Å². The third-order valence-electron chi connectivity index (χ3n) is 5.39. The molecule has 0 aliphatic carbocycles. The third kappa shape index (κ3) is 3.44. The lowest BCUT2D eigenvalue weighted by Gasteiger charge is -2.27. The van der Waals surface area contributed by atoms with Crippen LogP contribution in [0.1, 0.15) is 16.8 Å². The minimum atomic E-state index is -0.138. The van der Waals surface area contributed by atoms with Crippen molar-refractivity contribution in [2.75, 3.05) is 6.54 Å². The van der Waals surface area contributed by atoms with Crippen LogP contribution in [-0.2, 0) is 19.5 Å². The molecular formula is C23H18ClN3O3. The van der Waals surface area contributed by atoms with Crippen molar-refractivity contribution in [1.29, 1.82) is 0 Å². The Morgan fingerprint density at radius 2 is 1.97 bits per heavy atom. The minimum absolute atomic E-state index is 0.101. The Balaban J connectivity index is 1.43. The van der Waals surface area contributed by atoms with Crippen LogP contribution in [0.4, 0.5) is 0 Å². The van der Waals surface area contributed by atoms with E-state index < -0.39 is 0 Å². The molecule has 0 spiro atoms. The molecule has 0 fully saturated rings. The summed E-state index contributed by atoms with van der Waals surface area (Å²) in [6.07, 6.45) is 2.14. The topological polar surface area (TPSA) is 79.2 Å². The first-order valence-electron chi connectivity index (χ1n) is 9.68. The number of aromatic amines is 1. The maximum absolute atomic E-state index is 12.8. The van der Waals surface area contributed by atoms with Crippen LogP contribution in [0.25, 0.3) is 22.4 Å². The highest BCUT2D eigenvalue weighted by Gasteiger charge is 2.22. The molecule has 0 amide bonds. The van der Waals surface area contributed by atoms with Crippen LogP contribution >= 0.6 is 11.6 Å². The zero-order chi connectivity index (χ0) is 20.7. The van der Waals surface area contributed by atoms with Gasteiger partial charge in [0.2, 0.25) is 0 Å². The molecule has 7 heteroatoms. The number of H-pyrrole nitrogens is 1. The summed E-state index contributed by atoms with van der Waals surface area (Å²) in [4.78, 5) is 35.2. The number of hydrogen-bond donors (Lipinski definition) is 1. The van der Waals surface area contributed by atoms with Crippen molar-refractivity contribution >= 4 is 22.6 Å². The number of aromatic nitrogens is 2. The van der Waals surface area contributed by atoms with Gasteiger partial charge in [0.25, 0.3) is 5.56 Å². The molecule has 5 rings (SSSR count). The number of fused-ring (bicyclic) bond motifs is 2. The zero-order valence-electron chi connectivity index (χ0n) is 16.0. The van der Waals surface area contributed by atoms with Crippen LogP contribution in [0.2, 0.25) is 5.02 Å². The molecule has 6 nitrogen and oxygen atoms in total. The largest absolute Gasteiger partial charge is 0.464 e. The van der Waals surface area contributed by atoms with Crippen molar-refractivity contribution < 1.29 is 4.42 Å². The summed E-state index contributed by atoms with van der Waals surface area (Å²) < 4.78 is 5.61. The van der Waals surface area contributed by atoms with Gasteiger partial charge in [0.05, 0.1) is 22.9 Å².